The lowest BCUT2D eigenvalue weighted by Crippen LogP contribution is -2.11. The van der Waals surface area contributed by atoms with Crippen molar-refractivity contribution in [3.63, 3.8) is 0 Å². The zero-order valence-electron chi connectivity index (χ0n) is 9.18. The molecule has 2 aromatic carbocycles. The maximum Gasteiger partial charge on any atom is 0.277 e. The highest BCUT2D eigenvalue weighted by atomic mass is 16.1. The van der Waals surface area contributed by atoms with Crippen molar-refractivity contribution in [2.45, 2.75) is 0 Å². The fourth-order valence-electron chi connectivity index (χ4n) is 2.52. The van der Waals surface area contributed by atoms with Crippen LogP contribution in [0.25, 0.3) is 10.8 Å². The van der Waals surface area contributed by atoms with E-state index in [1.54, 1.807) is 24.6 Å². The van der Waals surface area contributed by atoms with Crippen LogP contribution in [0.5, 0.6) is 0 Å². The van der Waals surface area contributed by atoms with Crippen LogP contribution in [0.4, 0.5) is 0 Å². The summed E-state index contributed by atoms with van der Waals surface area (Å²) in [4.78, 5) is 31.2. The lowest BCUT2D eigenvalue weighted by Gasteiger charge is -2.17. The summed E-state index contributed by atoms with van der Waals surface area (Å²) >= 11 is 0. The van der Waals surface area contributed by atoms with Crippen molar-refractivity contribution in [3.8, 4) is 0 Å². The van der Waals surface area contributed by atoms with Crippen molar-refractivity contribution in [3.05, 3.63) is 46.5 Å². The summed E-state index contributed by atoms with van der Waals surface area (Å²) in [5.74, 6) is -0.526. The molecule has 0 bridgehead atoms. The van der Waals surface area contributed by atoms with E-state index in [0.29, 0.717) is 11.1 Å². The minimum atomic E-state index is -0.263. The number of hydrogen-bond donors (Lipinski definition) is 0. The fourth-order valence-corrected chi connectivity index (χ4v) is 2.52. The van der Waals surface area contributed by atoms with E-state index in [1.807, 2.05) is 12.1 Å². The molecule has 0 fully saturated rings. The third-order valence-corrected chi connectivity index (χ3v) is 3.33. The Hall–Kier alpha value is -2.62. The molecule has 0 N–H and O–H groups in total. The Morgan fingerprint density at radius 2 is 1.11 bits per heavy atom. The van der Waals surface area contributed by atoms with Gasteiger partial charge in [0.25, 0.3) is 11.8 Å². The molecule has 0 saturated carbocycles. The average Bonchev–Trinajstić information content (AvgIpc) is 2.40. The van der Waals surface area contributed by atoms with Gasteiger partial charge in [-0.2, -0.15) is 0 Å². The topological polar surface area (TPSA) is 58.9 Å². The van der Waals surface area contributed by atoms with Crippen LogP contribution in [0.1, 0.15) is 31.8 Å². The summed E-state index contributed by atoms with van der Waals surface area (Å²) in [5, 5.41) is 1.62. The molecule has 4 rings (SSSR count). The predicted octanol–water partition coefficient (Wildman–Crippen LogP) is 1.99. The van der Waals surface area contributed by atoms with Gasteiger partial charge >= 0.3 is 0 Å². The number of hydrogen-bond acceptors (Lipinski definition) is 2. The molecule has 18 heavy (non-hydrogen) atoms. The van der Waals surface area contributed by atoms with Crippen LogP contribution in [0.15, 0.2) is 34.3 Å². The molecular weight excluding hydrogens is 228 g/mol. The quantitative estimate of drug-likeness (QED) is 0.699. The van der Waals surface area contributed by atoms with Crippen LogP contribution in [-0.2, 0) is 0 Å². The van der Waals surface area contributed by atoms with Gasteiger partial charge in [-0.15, -0.1) is 0 Å². The van der Waals surface area contributed by atoms with Crippen molar-refractivity contribution < 1.29 is 9.59 Å². The van der Waals surface area contributed by atoms with Gasteiger partial charge in [-0.1, -0.05) is 12.1 Å². The van der Waals surface area contributed by atoms with Gasteiger partial charge < -0.3 is 0 Å². The van der Waals surface area contributed by atoms with Crippen LogP contribution in [0, 0.1) is 0 Å². The molecule has 0 unspecified atom stereocenters. The van der Waals surface area contributed by atoms with Gasteiger partial charge in [0, 0.05) is 34.3 Å². The third-order valence-electron chi connectivity index (χ3n) is 3.33. The number of amides is 2. The second kappa shape index (κ2) is 2.98. The van der Waals surface area contributed by atoms with Crippen LogP contribution >= 0.6 is 0 Å². The number of nitrogens with zero attached hydrogens (tertiary/aromatic N) is 2. The standard InChI is InChI=1S/C14H6N2O2/c17-13-9-3-4-10-12-8(6-16-14(10)18)2-1-7(5-15-13)11(9)12/h1-6H. The SMILES string of the molecule is O=C1N=Cc2ccc3c4c(ccc1c24)C(=O)N=C3. The average molecular weight is 234 g/mol. The molecule has 0 saturated heterocycles. The zero-order valence-corrected chi connectivity index (χ0v) is 9.18. The van der Waals surface area contributed by atoms with Gasteiger partial charge in [0.15, 0.2) is 0 Å². The third kappa shape index (κ3) is 0.996. The van der Waals surface area contributed by atoms with Gasteiger partial charge in [-0.3, -0.25) is 9.59 Å². The van der Waals surface area contributed by atoms with Crippen LogP contribution in [0.3, 0.4) is 0 Å². The lowest BCUT2D eigenvalue weighted by molar-refractivity contribution is 0.0993. The summed E-state index contributed by atoms with van der Waals surface area (Å²) in [6.45, 7) is 0. The second-order valence-electron chi connectivity index (χ2n) is 4.28. The number of carbonyl (C=O) groups is 2. The van der Waals surface area contributed by atoms with Crippen LogP contribution < -0.4 is 0 Å². The number of rotatable bonds is 0. The van der Waals surface area contributed by atoms with E-state index in [-0.39, 0.29) is 11.8 Å². The Balaban J connectivity index is 2.31. The molecule has 2 aliphatic heterocycles. The molecule has 2 amide bonds. The Labute approximate surface area is 102 Å². The fraction of sp³-hybridized carbons (Fsp3) is 0. The summed E-state index contributed by atoms with van der Waals surface area (Å²) in [6.07, 6.45) is 3.10. The molecule has 0 aliphatic carbocycles. The molecule has 0 aromatic heterocycles. The zero-order chi connectivity index (χ0) is 12.3. The van der Waals surface area contributed by atoms with E-state index in [2.05, 4.69) is 9.98 Å². The van der Waals surface area contributed by atoms with E-state index in [4.69, 9.17) is 0 Å². The number of carbonyl (C=O) groups excluding carboxylic acids is 2. The van der Waals surface area contributed by atoms with Gasteiger partial charge in [0.1, 0.15) is 0 Å². The van der Waals surface area contributed by atoms with Gasteiger partial charge in [-0.05, 0) is 12.1 Å². The van der Waals surface area contributed by atoms with E-state index in [0.717, 1.165) is 21.9 Å². The minimum absolute atomic E-state index is 0.263. The molecule has 0 spiro atoms. The summed E-state index contributed by atoms with van der Waals surface area (Å²) in [7, 11) is 0. The predicted molar refractivity (Wildman–Crippen MR) is 67.8 cm³/mol. The van der Waals surface area contributed by atoms with Crippen molar-refractivity contribution in [2.24, 2.45) is 9.98 Å². The Morgan fingerprint density at radius 1 is 0.667 bits per heavy atom. The molecule has 4 nitrogen and oxygen atoms in total. The normalized spacial score (nSPS) is 15.6. The van der Waals surface area contributed by atoms with Crippen molar-refractivity contribution in [1.82, 2.24) is 0 Å². The summed E-state index contributed by atoms with van der Waals surface area (Å²) < 4.78 is 0. The first-order valence-corrected chi connectivity index (χ1v) is 5.52. The Bertz CT molecular complexity index is 748. The van der Waals surface area contributed by atoms with Crippen molar-refractivity contribution in [2.75, 3.05) is 0 Å². The van der Waals surface area contributed by atoms with Gasteiger partial charge in [0.2, 0.25) is 0 Å². The van der Waals surface area contributed by atoms with E-state index >= 15 is 0 Å². The first-order valence-electron chi connectivity index (χ1n) is 5.52. The molecule has 2 aliphatic rings. The summed E-state index contributed by atoms with van der Waals surface area (Å²) in [6, 6.07) is 7.09. The molecule has 0 radical (unpaired) electrons. The highest BCUT2D eigenvalue weighted by Gasteiger charge is 2.23. The Morgan fingerprint density at radius 3 is 1.56 bits per heavy atom. The smallest absolute Gasteiger partial charge is 0.267 e. The molecule has 0 atom stereocenters. The molecule has 2 heterocycles. The van der Waals surface area contributed by atoms with Gasteiger partial charge in [0.05, 0.1) is 11.1 Å². The molecule has 2 aromatic rings. The highest BCUT2D eigenvalue weighted by Crippen LogP contribution is 2.32. The van der Waals surface area contributed by atoms with Crippen molar-refractivity contribution >= 4 is 35.0 Å². The van der Waals surface area contributed by atoms with E-state index in [1.165, 1.54) is 0 Å². The maximum absolute atomic E-state index is 11.8. The summed E-state index contributed by atoms with van der Waals surface area (Å²) in [5.41, 5.74) is 2.84. The molecular formula is C14H6N2O2. The van der Waals surface area contributed by atoms with E-state index in [9.17, 15) is 9.59 Å². The van der Waals surface area contributed by atoms with Crippen LogP contribution in [-0.4, -0.2) is 24.2 Å². The number of benzene rings is 2. The highest BCUT2D eigenvalue weighted by molar-refractivity contribution is 6.27. The number of aliphatic imine (C=N–C) groups is 2. The largest absolute Gasteiger partial charge is 0.277 e. The van der Waals surface area contributed by atoms with Gasteiger partial charge in [-0.25, -0.2) is 9.98 Å². The first kappa shape index (κ1) is 9.41. The minimum Gasteiger partial charge on any atom is -0.267 e. The molecule has 4 heteroatoms. The second-order valence-corrected chi connectivity index (χ2v) is 4.28. The maximum atomic E-state index is 11.8. The van der Waals surface area contributed by atoms with Crippen molar-refractivity contribution in [1.29, 1.82) is 0 Å². The first-order chi connectivity index (χ1) is 8.75. The lowest BCUT2D eigenvalue weighted by atomic mass is 9.89. The monoisotopic (exact) mass is 234 g/mol. The molecule has 84 valence electrons. The Kier molecular flexibility index (Phi) is 1.56. The van der Waals surface area contributed by atoms with Crippen LogP contribution in [0.2, 0.25) is 0 Å². The van der Waals surface area contributed by atoms with E-state index < -0.39 is 0 Å².